The molecular formula is C21H18N4O2S2. The Hall–Kier alpha value is -3.10. The number of nitrogens with zero attached hydrogens (tertiary/aromatic N) is 4. The summed E-state index contributed by atoms with van der Waals surface area (Å²) in [5.74, 6) is -0.199. The molecule has 3 heterocycles. The maximum absolute atomic E-state index is 12.9. The highest BCUT2D eigenvalue weighted by molar-refractivity contribution is 7.15. The van der Waals surface area contributed by atoms with Crippen LogP contribution in [0.3, 0.4) is 0 Å². The normalized spacial score (nSPS) is 10.8. The molecule has 1 aromatic carbocycles. The zero-order chi connectivity index (χ0) is 20.4. The van der Waals surface area contributed by atoms with Crippen molar-refractivity contribution < 1.29 is 4.79 Å². The van der Waals surface area contributed by atoms with E-state index < -0.39 is 0 Å². The lowest BCUT2D eigenvalue weighted by atomic mass is 10.2. The summed E-state index contributed by atoms with van der Waals surface area (Å²) in [5.41, 5.74) is 2.80. The molecule has 0 spiro atoms. The van der Waals surface area contributed by atoms with Gasteiger partial charge >= 0.3 is 0 Å². The van der Waals surface area contributed by atoms with Crippen LogP contribution < -0.4 is 10.5 Å². The number of carbonyl (C=O) groups is 1. The first-order chi connectivity index (χ1) is 14.0. The third-order valence-corrected chi connectivity index (χ3v) is 6.25. The van der Waals surface area contributed by atoms with Gasteiger partial charge in [0.05, 0.1) is 22.5 Å². The number of likely N-dealkylation sites (N-methyl/N-ethyl adjacent to an activating group) is 1. The van der Waals surface area contributed by atoms with Gasteiger partial charge in [-0.2, -0.15) is 0 Å². The minimum atomic E-state index is -0.280. The Kier molecular flexibility index (Phi) is 5.37. The first-order valence-corrected chi connectivity index (χ1v) is 10.7. The van der Waals surface area contributed by atoms with Crippen molar-refractivity contribution in [3.05, 3.63) is 75.6 Å². The van der Waals surface area contributed by atoms with Crippen molar-refractivity contribution in [3.63, 3.8) is 0 Å². The molecule has 0 saturated carbocycles. The lowest BCUT2D eigenvalue weighted by molar-refractivity contribution is -0.118. The Bertz CT molecular complexity index is 1210. The van der Waals surface area contributed by atoms with Gasteiger partial charge in [-0.05, 0) is 36.1 Å². The second-order valence-electron chi connectivity index (χ2n) is 6.55. The van der Waals surface area contributed by atoms with Crippen LogP contribution in [0.4, 0.5) is 5.69 Å². The fourth-order valence-corrected chi connectivity index (χ4v) is 4.46. The summed E-state index contributed by atoms with van der Waals surface area (Å²) < 4.78 is 1.33. The van der Waals surface area contributed by atoms with Crippen LogP contribution in [0.15, 0.2) is 64.5 Å². The molecule has 8 heteroatoms. The standard InChI is InChI=1S/C21H18N4O2S2/c1-14-5-3-6-15(9-14)24(2)19(26)11-25-13-22-10-16(21(25)27)20-23-17(12-29-20)18-7-4-8-28-18/h3-10,12-13H,11H2,1-2H3. The zero-order valence-corrected chi connectivity index (χ0v) is 17.5. The molecular weight excluding hydrogens is 404 g/mol. The largest absolute Gasteiger partial charge is 0.314 e. The molecule has 29 heavy (non-hydrogen) atoms. The molecule has 146 valence electrons. The van der Waals surface area contributed by atoms with Gasteiger partial charge in [-0.3, -0.25) is 14.2 Å². The van der Waals surface area contributed by atoms with E-state index in [-0.39, 0.29) is 18.0 Å². The summed E-state index contributed by atoms with van der Waals surface area (Å²) in [6.07, 6.45) is 2.90. The van der Waals surface area contributed by atoms with E-state index >= 15 is 0 Å². The van der Waals surface area contributed by atoms with Crippen LogP contribution in [0.2, 0.25) is 0 Å². The maximum Gasteiger partial charge on any atom is 0.264 e. The van der Waals surface area contributed by atoms with Gasteiger partial charge in [-0.15, -0.1) is 22.7 Å². The summed E-state index contributed by atoms with van der Waals surface area (Å²) >= 11 is 2.99. The van der Waals surface area contributed by atoms with E-state index in [2.05, 4.69) is 9.97 Å². The number of thiazole rings is 1. The predicted octanol–water partition coefficient (Wildman–Crippen LogP) is 4.07. The fraction of sp³-hybridized carbons (Fsp3) is 0.143. The summed E-state index contributed by atoms with van der Waals surface area (Å²) in [6.45, 7) is 1.88. The number of amides is 1. The van der Waals surface area contributed by atoms with Gasteiger partial charge in [0, 0.05) is 24.3 Å². The van der Waals surface area contributed by atoms with Crippen molar-refractivity contribution >= 4 is 34.3 Å². The van der Waals surface area contributed by atoms with Gasteiger partial charge in [0.2, 0.25) is 5.91 Å². The van der Waals surface area contributed by atoms with Gasteiger partial charge in [0.25, 0.3) is 5.56 Å². The average Bonchev–Trinajstić information content (AvgIpc) is 3.40. The van der Waals surface area contributed by atoms with Gasteiger partial charge in [-0.1, -0.05) is 18.2 Å². The number of thiophene rings is 1. The van der Waals surface area contributed by atoms with Crippen molar-refractivity contribution in [2.75, 3.05) is 11.9 Å². The number of rotatable bonds is 5. The van der Waals surface area contributed by atoms with Gasteiger partial charge in [-0.25, -0.2) is 9.97 Å². The third kappa shape index (κ3) is 4.03. The highest BCUT2D eigenvalue weighted by Crippen LogP contribution is 2.29. The molecule has 3 aromatic heterocycles. The fourth-order valence-electron chi connectivity index (χ4n) is 2.88. The second-order valence-corrected chi connectivity index (χ2v) is 8.35. The van der Waals surface area contributed by atoms with E-state index in [1.165, 1.54) is 28.4 Å². The Morgan fingerprint density at radius 2 is 2.07 bits per heavy atom. The van der Waals surface area contributed by atoms with E-state index in [4.69, 9.17) is 0 Å². The smallest absolute Gasteiger partial charge is 0.264 e. The summed E-state index contributed by atoms with van der Waals surface area (Å²) in [4.78, 5) is 37.0. The van der Waals surface area contributed by atoms with Crippen molar-refractivity contribution in [1.29, 1.82) is 0 Å². The van der Waals surface area contributed by atoms with Gasteiger partial charge < -0.3 is 4.90 Å². The molecule has 0 radical (unpaired) electrons. The lowest BCUT2D eigenvalue weighted by Crippen LogP contribution is -2.34. The molecule has 0 N–H and O–H groups in total. The van der Waals surface area contributed by atoms with Gasteiger partial charge in [0.1, 0.15) is 11.6 Å². The molecule has 0 aliphatic carbocycles. The summed E-state index contributed by atoms with van der Waals surface area (Å²) in [5, 5.41) is 4.51. The first kappa shape index (κ1) is 19.2. The molecule has 1 amide bonds. The SMILES string of the molecule is Cc1cccc(N(C)C(=O)Cn2cncc(-c3nc(-c4cccs4)cs3)c2=O)c1. The van der Waals surface area contributed by atoms with Crippen LogP contribution in [0.25, 0.3) is 21.1 Å². The van der Waals surface area contributed by atoms with Crippen molar-refractivity contribution in [3.8, 4) is 21.1 Å². The topological polar surface area (TPSA) is 68.1 Å². The number of aryl methyl sites for hydroxylation is 1. The Morgan fingerprint density at radius 1 is 1.21 bits per heavy atom. The van der Waals surface area contributed by atoms with E-state index in [0.717, 1.165) is 21.8 Å². The lowest BCUT2D eigenvalue weighted by Gasteiger charge is -2.18. The van der Waals surface area contributed by atoms with Crippen molar-refractivity contribution in [2.45, 2.75) is 13.5 Å². The Morgan fingerprint density at radius 3 is 2.83 bits per heavy atom. The highest BCUT2D eigenvalue weighted by atomic mass is 32.1. The predicted molar refractivity (Wildman–Crippen MR) is 118 cm³/mol. The highest BCUT2D eigenvalue weighted by Gasteiger charge is 2.16. The van der Waals surface area contributed by atoms with E-state index in [0.29, 0.717) is 10.6 Å². The number of hydrogen-bond donors (Lipinski definition) is 0. The maximum atomic E-state index is 12.9. The van der Waals surface area contributed by atoms with E-state index in [1.807, 2.05) is 54.1 Å². The van der Waals surface area contributed by atoms with Crippen LogP contribution in [0, 0.1) is 6.92 Å². The van der Waals surface area contributed by atoms with Crippen LogP contribution >= 0.6 is 22.7 Å². The molecule has 0 aliphatic rings. The molecule has 0 saturated heterocycles. The number of carbonyl (C=O) groups excluding carboxylic acids is 1. The van der Waals surface area contributed by atoms with Gasteiger partial charge in [0.15, 0.2) is 0 Å². The van der Waals surface area contributed by atoms with Crippen molar-refractivity contribution in [2.24, 2.45) is 0 Å². The van der Waals surface area contributed by atoms with Crippen molar-refractivity contribution in [1.82, 2.24) is 14.5 Å². The van der Waals surface area contributed by atoms with E-state index in [9.17, 15) is 9.59 Å². The third-order valence-electron chi connectivity index (χ3n) is 4.48. The molecule has 0 fully saturated rings. The molecule has 6 nitrogen and oxygen atoms in total. The molecule has 0 aliphatic heterocycles. The molecule has 0 unspecified atom stereocenters. The number of anilines is 1. The quantitative estimate of drug-likeness (QED) is 0.486. The molecule has 4 aromatic rings. The van der Waals surface area contributed by atoms with Crippen LogP contribution in [-0.2, 0) is 11.3 Å². The number of aromatic nitrogens is 3. The minimum absolute atomic E-state index is 0.0900. The number of hydrogen-bond acceptors (Lipinski definition) is 6. The van der Waals surface area contributed by atoms with E-state index in [1.54, 1.807) is 23.3 Å². The Labute approximate surface area is 175 Å². The molecule has 0 atom stereocenters. The second kappa shape index (κ2) is 8.10. The minimum Gasteiger partial charge on any atom is -0.314 e. The Balaban J connectivity index is 1.59. The average molecular weight is 423 g/mol. The van der Waals surface area contributed by atoms with Crippen LogP contribution in [0.5, 0.6) is 0 Å². The number of benzene rings is 1. The summed E-state index contributed by atoms with van der Waals surface area (Å²) in [7, 11) is 1.70. The van der Waals surface area contributed by atoms with Crippen LogP contribution in [0.1, 0.15) is 5.56 Å². The summed E-state index contributed by atoms with van der Waals surface area (Å²) in [6, 6.07) is 11.6. The monoisotopic (exact) mass is 422 g/mol. The molecule has 4 rings (SSSR count). The van der Waals surface area contributed by atoms with Crippen LogP contribution in [-0.4, -0.2) is 27.5 Å². The molecule has 0 bridgehead atoms. The first-order valence-electron chi connectivity index (χ1n) is 8.90. The zero-order valence-electron chi connectivity index (χ0n) is 15.9.